The van der Waals surface area contributed by atoms with Crippen molar-refractivity contribution in [2.45, 2.75) is 46.5 Å². The normalized spacial score (nSPS) is 10.9. The Morgan fingerprint density at radius 1 is 1.00 bits per heavy atom. The molecule has 2 aromatic carbocycles. The SMILES string of the molecule is CCCCc1nc(C)nc(C(=O)OCC)c1Cc1ccc(-c2ccccc2-c2nn[nH]n2)cc1. The van der Waals surface area contributed by atoms with Crippen LogP contribution in [0, 0.1) is 6.92 Å². The molecule has 34 heavy (non-hydrogen) atoms. The van der Waals surface area contributed by atoms with Crippen LogP contribution >= 0.6 is 0 Å². The molecule has 2 heterocycles. The van der Waals surface area contributed by atoms with Gasteiger partial charge in [-0.1, -0.05) is 61.9 Å². The quantitative estimate of drug-likeness (QED) is 0.362. The van der Waals surface area contributed by atoms with Crippen LogP contribution in [0.15, 0.2) is 48.5 Å². The van der Waals surface area contributed by atoms with Crippen LogP contribution in [0.1, 0.15) is 59.8 Å². The molecule has 8 heteroatoms. The zero-order chi connectivity index (χ0) is 23.9. The third-order valence-electron chi connectivity index (χ3n) is 5.60. The number of nitrogens with one attached hydrogen (secondary N) is 1. The van der Waals surface area contributed by atoms with Crippen molar-refractivity contribution in [3.8, 4) is 22.5 Å². The average molecular weight is 457 g/mol. The second kappa shape index (κ2) is 10.8. The summed E-state index contributed by atoms with van der Waals surface area (Å²) >= 11 is 0. The zero-order valence-corrected chi connectivity index (χ0v) is 19.7. The maximum absolute atomic E-state index is 12.7. The number of carbonyl (C=O) groups is 1. The molecule has 0 saturated heterocycles. The first-order valence-corrected chi connectivity index (χ1v) is 11.6. The van der Waals surface area contributed by atoms with E-state index >= 15 is 0 Å². The third-order valence-corrected chi connectivity index (χ3v) is 5.60. The number of tetrazole rings is 1. The lowest BCUT2D eigenvalue weighted by Gasteiger charge is -2.14. The highest BCUT2D eigenvalue weighted by atomic mass is 16.5. The molecule has 0 aliphatic heterocycles. The minimum absolute atomic E-state index is 0.306. The van der Waals surface area contributed by atoms with Crippen LogP contribution in [0.4, 0.5) is 0 Å². The summed E-state index contributed by atoms with van der Waals surface area (Å²) in [7, 11) is 0. The maximum atomic E-state index is 12.7. The number of aromatic amines is 1. The van der Waals surface area contributed by atoms with Gasteiger partial charge >= 0.3 is 5.97 Å². The number of carbonyl (C=O) groups excluding carboxylic acids is 1. The van der Waals surface area contributed by atoms with Gasteiger partial charge in [0.2, 0.25) is 5.82 Å². The lowest BCUT2D eigenvalue weighted by atomic mass is 9.95. The van der Waals surface area contributed by atoms with Crippen LogP contribution in [-0.4, -0.2) is 43.2 Å². The Kier molecular flexibility index (Phi) is 7.37. The Balaban J connectivity index is 1.67. The zero-order valence-electron chi connectivity index (χ0n) is 19.7. The fourth-order valence-electron chi connectivity index (χ4n) is 3.97. The fraction of sp³-hybridized carbons (Fsp3) is 0.308. The van der Waals surface area contributed by atoms with Crippen molar-refractivity contribution in [2.24, 2.45) is 0 Å². The van der Waals surface area contributed by atoms with Gasteiger partial charge in [0.05, 0.1) is 6.61 Å². The summed E-state index contributed by atoms with van der Waals surface area (Å²) in [6.45, 7) is 6.07. The summed E-state index contributed by atoms with van der Waals surface area (Å²) in [4.78, 5) is 21.8. The minimum Gasteiger partial charge on any atom is -0.461 e. The molecule has 0 radical (unpaired) electrons. The van der Waals surface area contributed by atoms with Gasteiger partial charge in [-0.15, -0.1) is 10.2 Å². The molecule has 4 aromatic rings. The first-order valence-electron chi connectivity index (χ1n) is 11.6. The number of H-pyrrole nitrogens is 1. The van der Waals surface area contributed by atoms with Gasteiger partial charge in [0.15, 0.2) is 5.69 Å². The van der Waals surface area contributed by atoms with E-state index in [9.17, 15) is 4.79 Å². The number of benzene rings is 2. The van der Waals surface area contributed by atoms with Gasteiger partial charge in [-0.25, -0.2) is 14.8 Å². The Morgan fingerprint density at radius 3 is 2.44 bits per heavy atom. The van der Waals surface area contributed by atoms with Crippen molar-refractivity contribution < 1.29 is 9.53 Å². The number of ether oxygens (including phenoxy) is 1. The van der Waals surface area contributed by atoms with E-state index in [4.69, 9.17) is 4.74 Å². The molecule has 0 amide bonds. The fourth-order valence-corrected chi connectivity index (χ4v) is 3.97. The van der Waals surface area contributed by atoms with Gasteiger partial charge in [0.1, 0.15) is 5.82 Å². The van der Waals surface area contributed by atoms with E-state index in [-0.39, 0.29) is 0 Å². The topological polar surface area (TPSA) is 107 Å². The highest BCUT2D eigenvalue weighted by Crippen LogP contribution is 2.30. The van der Waals surface area contributed by atoms with Crippen LogP contribution in [-0.2, 0) is 17.6 Å². The molecule has 0 bridgehead atoms. The highest BCUT2D eigenvalue weighted by Gasteiger charge is 2.20. The van der Waals surface area contributed by atoms with Gasteiger partial charge < -0.3 is 4.74 Å². The molecule has 0 saturated carbocycles. The molecule has 8 nitrogen and oxygen atoms in total. The summed E-state index contributed by atoms with van der Waals surface area (Å²) in [5.74, 6) is 0.744. The summed E-state index contributed by atoms with van der Waals surface area (Å²) in [6.07, 6.45) is 3.40. The highest BCUT2D eigenvalue weighted by molar-refractivity contribution is 5.89. The Morgan fingerprint density at radius 2 is 1.76 bits per heavy atom. The summed E-state index contributed by atoms with van der Waals surface area (Å²) in [5.41, 5.74) is 6.17. The molecular formula is C26H28N6O2. The van der Waals surface area contributed by atoms with Crippen LogP contribution in [0.5, 0.6) is 0 Å². The molecule has 0 fully saturated rings. The molecule has 0 atom stereocenters. The van der Waals surface area contributed by atoms with E-state index in [0.29, 0.717) is 30.4 Å². The van der Waals surface area contributed by atoms with Gasteiger partial charge in [-0.2, -0.15) is 5.21 Å². The second-order valence-corrected chi connectivity index (χ2v) is 8.02. The number of hydrogen-bond acceptors (Lipinski definition) is 7. The molecule has 2 aromatic heterocycles. The Hall–Kier alpha value is -3.94. The molecule has 0 unspecified atom stereocenters. The molecule has 174 valence electrons. The second-order valence-electron chi connectivity index (χ2n) is 8.02. The Labute approximate surface area is 198 Å². The predicted molar refractivity (Wildman–Crippen MR) is 129 cm³/mol. The molecule has 0 spiro atoms. The smallest absolute Gasteiger partial charge is 0.357 e. The third kappa shape index (κ3) is 5.17. The van der Waals surface area contributed by atoms with Crippen molar-refractivity contribution in [2.75, 3.05) is 6.61 Å². The summed E-state index contributed by atoms with van der Waals surface area (Å²) < 4.78 is 5.30. The van der Waals surface area contributed by atoms with Gasteiger partial charge in [0, 0.05) is 23.2 Å². The van der Waals surface area contributed by atoms with E-state index in [1.54, 1.807) is 6.92 Å². The van der Waals surface area contributed by atoms with Crippen molar-refractivity contribution in [1.82, 2.24) is 30.6 Å². The monoisotopic (exact) mass is 456 g/mol. The van der Waals surface area contributed by atoms with E-state index in [1.807, 2.05) is 31.2 Å². The largest absolute Gasteiger partial charge is 0.461 e. The molecule has 1 N–H and O–H groups in total. The number of nitrogens with zero attached hydrogens (tertiary/aromatic N) is 5. The Bertz CT molecular complexity index is 1250. The number of unbranched alkanes of at least 4 members (excludes halogenated alkanes) is 1. The van der Waals surface area contributed by atoms with E-state index < -0.39 is 5.97 Å². The number of aromatic nitrogens is 6. The summed E-state index contributed by atoms with van der Waals surface area (Å²) in [6, 6.07) is 16.2. The van der Waals surface area contributed by atoms with Crippen molar-refractivity contribution >= 4 is 5.97 Å². The van der Waals surface area contributed by atoms with Crippen LogP contribution < -0.4 is 0 Å². The lowest BCUT2D eigenvalue weighted by molar-refractivity contribution is 0.0517. The average Bonchev–Trinajstić information content (AvgIpc) is 3.39. The van der Waals surface area contributed by atoms with Gasteiger partial charge in [-0.3, -0.25) is 0 Å². The van der Waals surface area contributed by atoms with Crippen LogP contribution in [0.3, 0.4) is 0 Å². The van der Waals surface area contributed by atoms with Crippen molar-refractivity contribution in [1.29, 1.82) is 0 Å². The molecule has 4 rings (SSSR count). The predicted octanol–water partition coefficient (Wildman–Crippen LogP) is 4.74. The lowest BCUT2D eigenvalue weighted by Crippen LogP contribution is -2.16. The van der Waals surface area contributed by atoms with Crippen LogP contribution in [0.25, 0.3) is 22.5 Å². The molecule has 0 aliphatic rings. The van der Waals surface area contributed by atoms with E-state index in [1.165, 1.54) is 0 Å². The van der Waals surface area contributed by atoms with Crippen molar-refractivity contribution in [3.63, 3.8) is 0 Å². The standard InChI is InChI=1S/C26H28N6O2/c1-4-6-11-23-22(24(26(33)34-5-2)28-17(3)27-23)16-18-12-14-19(15-13-18)20-9-7-8-10-21(20)25-29-31-32-30-25/h7-10,12-15H,4-6,11,16H2,1-3H3,(H,29,30,31,32). The number of rotatable bonds is 9. The van der Waals surface area contributed by atoms with Crippen molar-refractivity contribution in [3.05, 3.63) is 76.9 Å². The van der Waals surface area contributed by atoms with E-state index in [0.717, 1.165) is 52.8 Å². The number of aryl methyl sites for hydroxylation is 2. The number of esters is 1. The molecule has 0 aliphatic carbocycles. The summed E-state index contributed by atoms with van der Waals surface area (Å²) in [5, 5.41) is 14.4. The first-order chi connectivity index (χ1) is 16.6. The maximum Gasteiger partial charge on any atom is 0.357 e. The van der Waals surface area contributed by atoms with Gasteiger partial charge in [-0.05, 0) is 48.6 Å². The van der Waals surface area contributed by atoms with Crippen LogP contribution in [0.2, 0.25) is 0 Å². The first kappa shape index (κ1) is 23.2. The molecular weight excluding hydrogens is 428 g/mol. The van der Waals surface area contributed by atoms with E-state index in [2.05, 4.69) is 61.8 Å². The number of hydrogen-bond donors (Lipinski definition) is 1. The minimum atomic E-state index is -0.397. The van der Waals surface area contributed by atoms with Gasteiger partial charge in [0.25, 0.3) is 0 Å².